The molecule has 0 aliphatic heterocycles. The molecule has 3 unspecified atom stereocenters. The number of carbonyl (C=O) groups is 3. The molecule has 0 rings (SSSR count). The highest BCUT2D eigenvalue weighted by molar-refractivity contribution is 8.01. The minimum atomic E-state index is -1.36. The molecule has 0 spiro atoms. The van der Waals surface area contributed by atoms with Gasteiger partial charge in [0.05, 0.1) is 28.6 Å². The van der Waals surface area contributed by atoms with Crippen molar-refractivity contribution in [3.8, 4) is 0 Å². The first kappa shape index (κ1) is 23.1. The second kappa shape index (κ2) is 9.53. The summed E-state index contributed by atoms with van der Waals surface area (Å²) in [5.41, 5.74) is 3.72. The van der Waals surface area contributed by atoms with E-state index in [0.29, 0.717) is 0 Å². The molecule has 0 saturated carbocycles. The van der Waals surface area contributed by atoms with Gasteiger partial charge in [0.1, 0.15) is 0 Å². The van der Waals surface area contributed by atoms with E-state index in [1.54, 1.807) is 13.8 Å². The zero-order valence-corrected chi connectivity index (χ0v) is 16.6. The lowest BCUT2D eigenvalue weighted by Crippen LogP contribution is -2.67. The number of amides is 2. The van der Waals surface area contributed by atoms with Crippen LogP contribution in [-0.2, 0) is 14.4 Å². The highest BCUT2D eigenvalue weighted by atomic mass is 32.2. The molecule has 0 radical (unpaired) electrons. The van der Waals surface area contributed by atoms with Gasteiger partial charge in [-0.15, -0.1) is 11.8 Å². The lowest BCUT2D eigenvalue weighted by Gasteiger charge is -2.41. The first-order chi connectivity index (χ1) is 10.9. The van der Waals surface area contributed by atoms with Crippen LogP contribution in [0.2, 0.25) is 0 Å². The summed E-state index contributed by atoms with van der Waals surface area (Å²) in [6.07, 6.45) is 0.504. The molecule has 0 saturated heterocycles. The molecule has 0 bridgehead atoms. The maximum absolute atomic E-state index is 12.6. The number of thioether (sulfide) groups is 1. The number of thiol groups is 1. The molecule has 5 N–H and O–H groups in total. The van der Waals surface area contributed by atoms with Crippen LogP contribution in [0.15, 0.2) is 0 Å². The van der Waals surface area contributed by atoms with E-state index >= 15 is 0 Å². The number of nitrogens with one attached hydrogen (secondary N) is 2. The number of hydrogen-bond acceptors (Lipinski definition) is 6. The van der Waals surface area contributed by atoms with Crippen molar-refractivity contribution < 1.29 is 19.5 Å². The zero-order valence-electron chi connectivity index (χ0n) is 14.9. The van der Waals surface area contributed by atoms with E-state index < -0.39 is 28.2 Å². The van der Waals surface area contributed by atoms with Gasteiger partial charge in [-0.2, -0.15) is 12.6 Å². The number of rotatable bonds is 10. The van der Waals surface area contributed by atoms with Gasteiger partial charge in [0.25, 0.3) is 0 Å². The predicted molar refractivity (Wildman–Crippen MR) is 99.9 cm³/mol. The van der Waals surface area contributed by atoms with E-state index in [1.165, 1.54) is 18.7 Å². The van der Waals surface area contributed by atoms with Crippen LogP contribution in [0.1, 0.15) is 47.5 Å². The van der Waals surface area contributed by atoms with E-state index in [2.05, 4.69) is 23.3 Å². The monoisotopic (exact) mass is 379 g/mol. The third-order valence-corrected chi connectivity index (χ3v) is 5.78. The quantitative estimate of drug-likeness (QED) is 0.287. The van der Waals surface area contributed by atoms with E-state index in [4.69, 9.17) is 10.8 Å². The predicted octanol–water partition coefficient (Wildman–Crippen LogP) is 1.18. The van der Waals surface area contributed by atoms with Crippen LogP contribution in [0.25, 0.3) is 0 Å². The van der Waals surface area contributed by atoms with Crippen molar-refractivity contribution in [2.24, 2.45) is 11.1 Å². The Morgan fingerprint density at radius 3 is 2.25 bits per heavy atom. The number of carbonyl (C=O) groups excluding carboxylic acids is 2. The van der Waals surface area contributed by atoms with Crippen LogP contribution < -0.4 is 16.4 Å². The molecule has 24 heavy (non-hydrogen) atoms. The number of nitrogens with two attached hydrogens (primary N) is 1. The van der Waals surface area contributed by atoms with E-state index in [9.17, 15) is 14.4 Å². The average Bonchev–Trinajstić information content (AvgIpc) is 2.45. The fourth-order valence-corrected chi connectivity index (χ4v) is 3.08. The Labute approximate surface area is 153 Å². The van der Waals surface area contributed by atoms with Gasteiger partial charge in [-0.25, -0.2) is 0 Å². The normalized spacial score (nSPS) is 16.6. The molecule has 7 nitrogen and oxygen atoms in total. The van der Waals surface area contributed by atoms with E-state index in [1.807, 2.05) is 13.8 Å². The highest BCUT2D eigenvalue weighted by Gasteiger charge is 2.45. The topological polar surface area (TPSA) is 122 Å². The van der Waals surface area contributed by atoms with Crippen LogP contribution in [0.3, 0.4) is 0 Å². The zero-order chi connectivity index (χ0) is 19.1. The second-order valence-corrected chi connectivity index (χ2v) is 8.38. The van der Waals surface area contributed by atoms with Gasteiger partial charge in [0.15, 0.2) is 0 Å². The van der Waals surface area contributed by atoms with Crippen LogP contribution in [-0.4, -0.2) is 44.9 Å². The smallest absolute Gasteiger partial charge is 0.305 e. The van der Waals surface area contributed by atoms with Gasteiger partial charge in [-0.05, 0) is 27.2 Å². The third-order valence-electron chi connectivity index (χ3n) is 4.11. The summed E-state index contributed by atoms with van der Waals surface area (Å²) >= 11 is 5.24. The largest absolute Gasteiger partial charge is 0.481 e. The molecular formula is C15H29N3O4S2. The molecule has 0 aliphatic rings. The van der Waals surface area contributed by atoms with Crippen molar-refractivity contribution in [3.63, 3.8) is 0 Å². The third kappa shape index (κ3) is 6.52. The van der Waals surface area contributed by atoms with Gasteiger partial charge in [0, 0.05) is 5.25 Å². The van der Waals surface area contributed by atoms with Gasteiger partial charge < -0.3 is 21.5 Å². The van der Waals surface area contributed by atoms with Crippen molar-refractivity contribution in [2.45, 2.75) is 63.6 Å². The maximum Gasteiger partial charge on any atom is 0.305 e. The summed E-state index contributed by atoms with van der Waals surface area (Å²) in [5, 5.41) is 13.6. The molecule has 0 aromatic heterocycles. The Morgan fingerprint density at radius 2 is 1.83 bits per heavy atom. The van der Waals surface area contributed by atoms with Gasteiger partial charge in [-0.1, -0.05) is 13.8 Å². The number of aliphatic carboxylic acids is 1. The fourth-order valence-electron chi connectivity index (χ4n) is 1.76. The van der Waals surface area contributed by atoms with Crippen molar-refractivity contribution in [1.82, 2.24) is 10.6 Å². The molecule has 0 aliphatic carbocycles. The summed E-state index contributed by atoms with van der Waals surface area (Å²) in [5.74, 6) is -1.75. The van der Waals surface area contributed by atoms with Gasteiger partial charge in [-0.3, -0.25) is 14.4 Å². The Morgan fingerprint density at radius 1 is 1.29 bits per heavy atom. The van der Waals surface area contributed by atoms with Crippen molar-refractivity contribution >= 4 is 42.2 Å². The van der Waals surface area contributed by atoms with Crippen LogP contribution >= 0.6 is 24.4 Å². The molecule has 0 fully saturated rings. The first-order valence-electron chi connectivity index (χ1n) is 7.76. The summed E-state index contributed by atoms with van der Waals surface area (Å²) in [6.45, 7) is 8.65. The molecule has 0 aromatic rings. The van der Waals surface area contributed by atoms with Gasteiger partial charge in [0.2, 0.25) is 11.8 Å². The van der Waals surface area contributed by atoms with E-state index in [-0.39, 0.29) is 23.5 Å². The van der Waals surface area contributed by atoms with Crippen LogP contribution in [0.5, 0.6) is 0 Å². The first-order valence-corrected chi connectivity index (χ1v) is 9.33. The van der Waals surface area contributed by atoms with Crippen LogP contribution in [0, 0.1) is 5.41 Å². The second-order valence-electron chi connectivity index (χ2n) is 6.42. The Bertz CT molecular complexity index is 470. The highest BCUT2D eigenvalue weighted by Crippen LogP contribution is 2.29. The molecular weight excluding hydrogens is 350 g/mol. The summed E-state index contributed by atoms with van der Waals surface area (Å²) in [6, 6.07) is 0. The molecule has 2 amide bonds. The number of carboxylic acids is 1. The summed E-state index contributed by atoms with van der Waals surface area (Å²) in [7, 11) is 0. The lowest BCUT2D eigenvalue weighted by atomic mass is 9.79. The van der Waals surface area contributed by atoms with E-state index in [0.717, 1.165) is 6.42 Å². The molecule has 0 aromatic carbocycles. The standard InChI is InChI=1S/C15H29N3O4S2/c1-6-9(2)24-10(7-11(19)20)12(21)18-15(5,16)14(3,4)13(22)17-8-23/h9-10,23H,6-8,16H2,1-5H3,(H,17,22)(H,18,21)(H,19,20). The van der Waals surface area contributed by atoms with Crippen LogP contribution in [0.4, 0.5) is 0 Å². The van der Waals surface area contributed by atoms with Crippen molar-refractivity contribution in [2.75, 3.05) is 5.88 Å². The maximum atomic E-state index is 12.6. The Balaban J connectivity index is 5.23. The molecule has 3 atom stereocenters. The molecule has 9 heteroatoms. The fraction of sp³-hybridized carbons (Fsp3) is 0.800. The summed E-state index contributed by atoms with van der Waals surface area (Å²) in [4.78, 5) is 35.8. The van der Waals surface area contributed by atoms with Crippen molar-refractivity contribution in [1.29, 1.82) is 0 Å². The minimum absolute atomic E-state index is 0.129. The Hall–Kier alpha value is -0.930. The van der Waals surface area contributed by atoms with Crippen molar-refractivity contribution in [3.05, 3.63) is 0 Å². The molecule has 140 valence electrons. The average molecular weight is 380 g/mol. The Kier molecular flexibility index (Phi) is 9.16. The number of hydrogen-bond donors (Lipinski definition) is 5. The van der Waals surface area contributed by atoms with Gasteiger partial charge >= 0.3 is 5.97 Å². The summed E-state index contributed by atoms with van der Waals surface area (Å²) < 4.78 is 0. The SMILES string of the molecule is CCC(C)SC(CC(=O)O)C(=O)NC(C)(N)C(C)(C)C(=O)NCS. The lowest BCUT2D eigenvalue weighted by molar-refractivity contribution is -0.140. The number of carboxylic acid groups (broad SMARTS) is 1. The minimum Gasteiger partial charge on any atom is -0.481 e. The molecule has 0 heterocycles.